The quantitative estimate of drug-likeness (QED) is 0.675. The van der Waals surface area contributed by atoms with Crippen molar-refractivity contribution in [2.75, 3.05) is 0 Å². The number of aliphatic hydroxyl groups excluding tert-OH is 1. The number of carboxylic acids is 1. The summed E-state index contributed by atoms with van der Waals surface area (Å²) in [5, 5.41) is 30.5. The van der Waals surface area contributed by atoms with E-state index in [-0.39, 0.29) is 23.2 Å². The molecule has 0 spiro atoms. The summed E-state index contributed by atoms with van der Waals surface area (Å²) in [7, 11) is 0. The van der Waals surface area contributed by atoms with E-state index in [4.69, 9.17) is 0 Å². The van der Waals surface area contributed by atoms with Crippen molar-refractivity contribution in [1.82, 2.24) is 0 Å². The molecule has 4 nitrogen and oxygen atoms in total. The van der Waals surface area contributed by atoms with E-state index in [1.165, 1.54) is 0 Å². The van der Waals surface area contributed by atoms with E-state index in [1.54, 1.807) is 0 Å². The Balaban J connectivity index is 1.97. The highest BCUT2D eigenvalue weighted by molar-refractivity contribution is 5.74. The molecule has 3 saturated carbocycles. The van der Waals surface area contributed by atoms with Crippen LogP contribution in [0.5, 0.6) is 0 Å². The molecule has 3 aliphatic carbocycles. The van der Waals surface area contributed by atoms with Gasteiger partial charge >= 0.3 is 5.97 Å². The van der Waals surface area contributed by atoms with Crippen molar-refractivity contribution in [3.8, 4) is 0 Å². The molecule has 0 unspecified atom stereocenters. The number of hydrogen-bond donors (Lipinski definition) is 3. The van der Waals surface area contributed by atoms with Gasteiger partial charge in [-0.1, -0.05) is 13.8 Å². The zero-order valence-electron chi connectivity index (χ0n) is 11.9. The van der Waals surface area contributed by atoms with E-state index >= 15 is 0 Å². The fraction of sp³-hybridized carbons (Fsp3) is 0.933. The van der Waals surface area contributed by atoms with E-state index in [1.807, 2.05) is 13.8 Å². The van der Waals surface area contributed by atoms with Gasteiger partial charge in [-0.3, -0.25) is 4.79 Å². The molecule has 0 aromatic rings. The van der Waals surface area contributed by atoms with Crippen LogP contribution in [0.25, 0.3) is 0 Å². The molecule has 3 N–H and O–H groups in total. The molecule has 0 aromatic heterocycles. The zero-order chi connectivity index (χ0) is 14.2. The van der Waals surface area contributed by atoms with Gasteiger partial charge in [0.15, 0.2) is 0 Å². The second-order valence-corrected chi connectivity index (χ2v) is 7.72. The van der Waals surface area contributed by atoms with Crippen LogP contribution in [0.2, 0.25) is 0 Å². The van der Waals surface area contributed by atoms with E-state index in [0.29, 0.717) is 25.7 Å². The lowest BCUT2D eigenvalue weighted by Crippen LogP contribution is -2.44. The molecule has 0 bridgehead atoms. The van der Waals surface area contributed by atoms with Gasteiger partial charge in [-0.2, -0.15) is 0 Å². The maximum absolute atomic E-state index is 11.5. The van der Waals surface area contributed by atoms with Gasteiger partial charge < -0.3 is 15.3 Å². The lowest BCUT2D eigenvalue weighted by atomic mass is 9.66. The predicted octanol–water partition coefficient (Wildman–Crippen LogP) is 1.65. The number of rotatable bonds is 1. The average molecular weight is 268 g/mol. The van der Waals surface area contributed by atoms with Crippen LogP contribution in [0.3, 0.4) is 0 Å². The maximum atomic E-state index is 11.5. The van der Waals surface area contributed by atoms with E-state index in [9.17, 15) is 20.1 Å². The van der Waals surface area contributed by atoms with Crippen LogP contribution in [-0.4, -0.2) is 33.0 Å². The lowest BCUT2D eigenvalue weighted by molar-refractivity contribution is -0.149. The monoisotopic (exact) mass is 268 g/mol. The van der Waals surface area contributed by atoms with Crippen molar-refractivity contribution in [3.63, 3.8) is 0 Å². The van der Waals surface area contributed by atoms with Gasteiger partial charge in [0.2, 0.25) is 0 Å². The first kappa shape index (κ1) is 13.4. The number of aliphatic carboxylic acids is 1. The van der Waals surface area contributed by atoms with E-state index in [0.717, 1.165) is 0 Å². The smallest absolute Gasteiger partial charge is 0.309 e. The Morgan fingerprint density at radius 1 is 1.16 bits per heavy atom. The number of carboxylic acid groups (broad SMARTS) is 1. The molecule has 0 aliphatic heterocycles. The van der Waals surface area contributed by atoms with Gasteiger partial charge in [-0.25, -0.2) is 0 Å². The summed E-state index contributed by atoms with van der Waals surface area (Å²) in [6.07, 6.45) is 1.92. The van der Waals surface area contributed by atoms with Gasteiger partial charge in [0.1, 0.15) is 0 Å². The summed E-state index contributed by atoms with van der Waals surface area (Å²) < 4.78 is 0. The first-order chi connectivity index (χ1) is 8.64. The number of hydrogen-bond acceptors (Lipinski definition) is 3. The Morgan fingerprint density at radius 2 is 1.79 bits per heavy atom. The van der Waals surface area contributed by atoms with Gasteiger partial charge in [0.05, 0.1) is 17.1 Å². The van der Waals surface area contributed by atoms with Crippen molar-refractivity contribution in [1.29, 1.82) is 0 Å². The minimum atomic E-state index is -0.805. The van der Waals surface area contributed by atoms with Crippen LogP contribution in [-0.2, 0) is 4.79 Å². The highest BCUT2D eigenvalue weighted by atomic mass is 16.4. The van der Waals surface area contributed by atoms with Crippen molar-refractivity contribution in [2.45, 2.75) is 58.2 Å². The fourth-order valence-electron chi connectivity index (χ4n) is 5.53. The average Bonchev–Trinajstić information content (AvgIpc) is 2.78. The van der Waals surface area contributed by atoms with Crippen LogP contribution >= 0.6 is 0 Å². The van der Waals surface area contributed by atoms with Gasteiger partial charge in [-0.05, 0) is 43.9 Å². The molecule has 4 heteroatoms. The molecule has 0 amide bonds. The Bertz CT molecular complexity index is 436. The standard InChI is InChI=1S/C15H24O4/c1-8-11(16)7-15(19)5-9-4-13(2,12(17)18)6-10(9)14(8,15)3/h8-11,16,19H,4-7H2,1-3H3,(H,17,18)/t8-,9-,10-,11-,13+,14+,15-/m1/s1. The molecule has 3 fully saturated rings. The van der Waals surface area contributed by atoms with Crippen LogP contribution in [0.15, 0.2) is 0 Å². The predicted molar refractivity (Wildman–Crippen MR) is 69.4 cm³/mol. The fourth-order valence-corrected chi connectivity index (χ4v) is 5.53. The van der Waals surface area contributed by atoms with Crippen molar-refractivity contribution >= 4 is 5.97 Å². The Morgan fingerprint density at radius 3 is 2.37 bits per heavy atom. The normalized spacial score (nSPS) is 60.1. The van der Waals surface area contributed by atoms with Crippen LogP contribution < -0.4 is 0 Å². The molecule has 0 heterocycles. The van der Waals surface area contributed by atoms with Gasteiger partial charge in [-0.15, -0.1) is 0 Å². The van der Waals surface area contributed by atoms with Crippen LogP contribution in [0, 0.1) is 28.6 Å². The highest BCUT2D eigenvalue weighted by Gasteiger charge is 2.71. The Kier molecular flexibility index (Phi) is 2.48. The van der Waals surface area contributed by atoms with E-state index < -0.39 is 23.1 Å². The minimum absolute atomic E-state index is 0.0312. The minimum Gasteiger partial charge on any atom is -0.481 e. The summed E-state index contributed by atoms with van der Waals surface area (Å²) >= 11 is 0. The molecule has 7 atom stereocenters. The van der Waals surface area contributed by atoms with Crippen molar-refractivity contribution < 1.29 is 20.1 Å². The third-order valence-corrected chi connectivity index (χ3v) is 6.91. The third kappa shape index (κ3) is 1.39. The van der Waals surface area contributed by atoms with E-state index in [2.05, 4.69) is 6.92 Å². The Labute approximate surface area is 113 Å². The molecular formula is C15H24O4. The van der Waals surface area contributed by atoms with Crippen molar-refractivity contribution in [2.24, 2.45) is 28.6 Å². The van der Waals surface area contributed by atoms with Crippen LogP contribution in [0.4, 0.5) is 0 Å². The first-order valence-corrected chi connectivity index (χ1v) is 7.28. The zero-order valence-corrected chi connectivity index (χ0v) is 11.9. The molecular weight excluding hydrogens is 244 g/mol. The summed E-state index contributed by atoms with van der Waals surface area (Å²) in [6, 6.07) is 0. The molecule has 0 saturated heterocycles. The molecule has 0 radical (unpaired) electrons. The van der Waals surface area contributed by atoms with Crippen LogP contribution in [0.1, 0.15) is 46.5 Å². The summed E-state index contributed by atoms with van der Waals surface area (Å²) in [5.41, 5.74) is -1.81. The first-order valence-electron chi connectivity index (χ1n) is 7.28. The molecule has 3 aliphatic rings. The second kappa shape index (κ2) is 3.53. The molecule has 0 aromatic carbocycles. The summed E-state index contributed by atoms with van der Waals surface area (Å²) in [4.78, 5) is 11.5. The van der Waals surface area contributed by atoms with Gasteiger partial charge in [0, 0.05) is 11.8 Å². The second-order valence-electron chi connectivity index (χ2n) is 7.72. The number of aliphatic hydroxyl groups is 2. The lowest BCUT2D eigenvalue weighted by Gasteiger charge is -2.41. The SMILES string of the molecule is C[C@@H]1[C@H](O)C[C@]2(O)C[C@H]3C[C@](C)(C(=O)O)C[C@H]3[C@]12C. The number of fused-ring (bicyclic) bond motifs is 3. The van der Waals surface area contributed by atoms with Crippen molar-refractivity contribution in [3.05, 3.63) is 0 Å². The topological polar surface area (TPSA) is 77.8 Å². The van der Waals surface area contributed by atoms with Gasteiger partial charge in [0.25, 0.3) is 0 Å². The molecule has 108 valence electrons. The Hall–Kier alpha value is -0.610. The highest BCUT2D eigenvalue weighted by Crippen LogP contribution is 2.70. The summed E-state index contributed by atoms with van der Waals surface area (Å²) in [6.45, 7) is 5.89. The molecule has 19 heavy (non-hydrogen) atoms. The third-order valence-electron chi connectivity index (χ3n) is 6.91. The summed E-state index contributed by atoms with van der Waals surface area (Å²) in [5.74, 6) is -0.194. The largest absolute Gasteiger partial charge is 0.481 e. The molecule has 3 rings (SSSR count). The number of carbonyl (C=O) groups is 1. The maximum Gasteiger partial charge on any atom is 0.309 e.